The number of phenolic OH excluding ortho intramolecular Hbond substituents is 1. The van der Waals surface area contributed by atoms with Crippen molar-refractivity contribution in [3.8, 4) is 5.75 Å². The first kappa shape index (κ1) is 19.0. The molecular formula is C20H27NO4. The molecule has 0 bridgehead atoms. The lowest BCUT2D eigenvalue weighted by atomic mass is 9.99. The van der Waals surface area contributed by atoms with Crippen LogP contribution in [0.4, 0.5) is 5.69 Å². The highest BCUT2D eigenvalue weighted by Crippen LogP contribution is 2.28. The molecule has 5 nitrogen and oxygen atoms in total. The van der Waals surface area contributed by atoms with Crippen LogP contribution >= 0.6 is 0 Å². The van der Waals surface area contributed by atoms with E-state index in [4.69, 9.17) is 10.5 Å². The minimum Gasteiger partial charge on any atom is -0.507 e. The molecule has 0 saturated heterocycles. The maximum atomic E-state index is 12.6. The fraction of sp³-hybridized carbons (Fsp3) is 0.500. The van der Waals surface area contributed by atoms with Gasteiger partial charge in [-0.3, -0.25) is 4.79 Å². The molecule has 1 aromatic carbocycles. The van der Waals surface area contributed by atoms with E-state index in [2.05, 4.69) is 6.92 Å². The maximum Gasteiger partial charge on any atom is 0.342 e. The summed E-state index contributed by atoms with van der Waals surface area (Å²) in [5, 5.41) is 10.2. The Balaban J connectivity index is 2.36. The fourth-order valence-corrected chi connectivity index (χ4v) is 3.15. The topological polar surface area (TPSA) is 89.6 Å². The van der Waals surface area contributed by atoms with E-state index in [0.29, 0.717) is 11.3 Å². The number of nitrogens with two attached hydrogens (primary N) is 1. The number of anilines is 1. The van der Waals surface area contributed by atoms with E-state index in [-0.39, 0.29) is 29.6 Å². The van der Waals surface area contributed by atoms with Crippen molar-refractivity contribution in [2.24, 2.45) is 0 Å². The minimum absolute atomic E-state index is 0.0119. The van der Waals surface area contributed by atoms with Gasteiger partial charge in [-0.05, 0) is 49.8 Å². The average molecular weight is 345 g/mol. The number of ether oxygens (including phenoxy) is 1. The molecule has 0 spiro atoms. The SMILES string of the molecule is CCC[C@@H]1CCCCC/C=C/C(=O)Cc2cc(N)cc(O)c2C(=O)O1. The number of carbonyl (C=O) groups is 2. The van der Waals surface area contributed by atoms with Crippen LogP contribution < -0.4 is 5.73 Å². The van der Waals surface area contributed by atoms with Gasteiger partial charge in [-0.2, -0.15) is 0 Å². The van der Waals surface area contributed by atoms with Gasteiger partial charge in [-0.25, -0.2) is 4.79 Å². The smallest absolute Gasteiger partial charge is 0.342 e. The molecule has 0 radical (unpaired) electrons. The predicted molar refractivity (Wildman–Crippen MR) is 97.6 cm³/mol. The van der Waals surface area contributed by atoms with Gasteiger partial charge in [0.2, 0.25) is 0 Å². The number of hydrogen-bond donors (Lipinski definition) is 2. The first-order valence-corrected chi connectivity index (χ1v) is 9.03. The number of hydrogen-bond acceptors (Lipinski definition) is 5. The van der Waals surface area contributed by atoms with Gasteiger partial charge in [0.05, 0.1) is 0 Å². The van der Waals surface area contributed by atoms with Crippen LogP contribution in [0.3, 0.4) is 0 Å². The quantitative estimate of drug-likeness (QED) is 0.626. The zero-order valence-electron chi connectivity index (χ0n) is 14.8. The monoisotopic (exact) mass is 345 g/mol. The van der Waals surface area contributed by atoms with Crippen molar-refractivity contribution in [2.45, 2.75) is 64.4 Å². The molecule has 136 valence electrons. The molecule has 1 atom stereocenters. The van der Waals surface area contributed by atoms with Crippen LogP contribution in [0.15, 0.2) is 24.3 Å². The number of benzene rings is 1. The standard InChI is InChI=1S/C20H27NO4/c1-2-8-17-10-7-5-3-4-6-9-16(22)12-14-11-15(21)13-18(23)19(14)20(24)25-17/h6,9,11,13,17,23H,2-5,7-8,10,12,21H2,1H3/b9-6+/t17-/m1/s1. The number of ketones is 1. The van der Waals surface area contributed by atoms with Crippen molar-refractivity contribution >= 4 is 17.4 Å². The zero-order chi connectivity index (χ0) is 18.2. The molecule has 2 rings (SSSR count). The number of cyclic esters (lactones) is 1. The van der Waals surface area contributed by atoms with Gasteiger partial charge >= 0.3 is 5.97 Å². The number of allylic oxidation sites excluding steroid dienone is 2. The lowest BCUT2D eigenvalue weighted by molar-refractivity contribution is -0.114. The van der Waals surface area contributed by atoms with E-state index in [1.165, 1.54) is 6.07 Å². The van der Waals surface area contributed by atoms with Gasteiger partial charge in [-0.15, -0.1) is 0 Å². The molecule has 1 aliphatic rings. The molecule has 0 aliphatic carbocycles. The van der Waals surface area contributed by atoms with E-state index < -0.39 is 5.97 Å². The third-order valence-electron chi connectivity index (χ3n) is 4.38. The lowest BCUT2D eigenvalue weighted by Crippen LogP contribution is -2.20. The minimum atomic E-state index is -0.584. The summed E-state index contributed by atoms with van der Waals surface area (Å²) in [6.07, 6.45) is 9.66. The van der Waals surface area contributed by atoms with Crippen molar-refractivity contribution in [3.63, 3.8) is 0 Å². The average Bonchev–Trinajstić information content (AvgIpc) is 2.52. The molecule has 1 aliphatic heterocycles. The van der Waals surface area contributed by atoms with Crippen molar-refractivity contribution in [3.05, 3.63) is 35.4 Å². The second kappa shape index (κ2) is 9.25. The summed E-state index contributed by atoms with van der Waals surface area (Å²) in [7, 11) is 0. The van der Waals surface area contributed by atoms with E-state index in [9.17, 15) is 14.7 Å². The summed E-state index contributed by atoms with van der Waals surface area (Å²) in [5.74, 6) is -0.944. The van der Waals surface area contributed by atoms with Crippen LogP contribution in [0.1, 0.15) is 67.8 Å². The number of aromatic hydroxyl groups is 1. The zero-order valence-corrected chi connectivity index (χ0v) is 14.8. The maximum absolute atomic E-state index is 12.6. The summed E-state index contributed by atoms with van der Waals surface area (Å²) < 4.78 is 5.65. The summed E-state index contributed by atoms with van der Waals surface area (Å²) in [5.41, 5.74) is 6.54. The highest BCUT2D eigenvalue weighted by Gasteiger charge is 2.23. The van der Waals surface area contributed by atoms with E-state index >= 15 is 0 Å². The Kier molecular flexibility index (Phi) is 7.04. The molecule has 1 heterocycles. The molecule has 0 fully saturated rings. The number of phenols is 1. The number of rotatable bonds is 2. The van der Waals surface area contributed by atoms with Crippen LogP contribution in [0.25, 0.3) is 0 Å². The van der Waals surface area contributed by atoms with Crippen molar-refractivity contribution in [2.75, 3.05) is 5.73 Å². The van der Waals surface area contributed by atoms with Crippen LogP contribution in [-0.2, 0) is 16.0 Å². The molecule has 0 aromatic heterocycles. The Morgan fingerprint density at radius 2 is 2.04 bits per heavy atom. The van der Waals surface area contributed by atoms with Crippen molar-refractivity contribution < 1.29 is 19.4 Å². The van der Waals surface area contributed by atoms with Gasteiger partial charge in [0, 0.05) is 18.2 Å². The predicted octanol–water partition coefficient (Wildman–Crippen LogP) is 3.93. The Hall–Kier alpha value is -2.30. The molecule has 0 saturated carbocycles. The largest absolute Gasteiger partial charge is 0.507 e. The fourth-order valence-electron chi connectivity index (χ4n) is 3.15. The number of nitrogen functional groups attached to an aromatic ring is 1. The van der Waals surface area contributed by atoms with Crippen LogP contribution in [0, 0.1) is 0 Å². The number of fused-ring (bicyclic) bond motifs is 1. The molecule has 0 amide bonds. The van der Waals surface area contributed by atoms with Gasteiger partial charge in [0.1, 0.15) is 17.4 Å². The van der Waals surface area contributed by atoms with Gasteiger partial charge in [0.15, 0.2) is 5.78 Å². The number of carbonyl (C=O) groups excluding carboxylic acids is 2. The van der Waals surface area contributed by atoms with Gasteiger partial charge < -0.3 is 15.6 Å². The second-order valence-electron chi connectivity index (χ2n) is 6.57. The first-order chi connectivity index (χ1) is 12.0. The van der Waals surface area contributed by atoms with Crippen molar-refractivity contribution in [1.29, 1.82) is 0 Å². The molecule has 0 unspecified atom stereocenters. The third-order valence-corrected chi connectivity index (χ3v) is 4.38. The molecule has 1 aromatic rings. The Labute approximate surface area is 148 Å². The van der Waals surface area contributed by atoms with E-state index in [0.717, 1.165) is 44.9 Å². The highest BCUT2D eigenvalue weighted by atomic mass is 16.5. The Morgan fingerprint density at radius 3 is 2.80 bits per heavy atom. The third kappa shape index (κ3) is 5.62. The molecule has 25 heavy (non-hydrogen) atoms. The normalized spacial score (nSPS) is 21.1. The lowest BCUT2D eigenvalue weighted by Gasteiger charge is -2.19. The van der Waals surface area contributed by atoms with Crippen LogP contribution in [-0.4, -0.2) is 23.0 Å². The first-order valence-electron chi connectivity index (χ1n) is 9.03. The highest BCUT2D eigenvalue weighted by molar-refractivity contribution is 5.98. The molecule has 3 N–H and O–H groups in total. The summed E-state index contributed by atoms with van der Waals surface area (Å²) in [4.78, 5) is 24.8. The van der Waals surface area contributed by atoms with Gasteiger partial charge in [0.25, 0.3) is 0 Å². The Morgan fingerprint density at radius 1 is 1.24 bits per heavy atom. The Bertz CT molecular complexity index is 651. The van der Waals surface area contributed by atoms with Crippen LogP contribution in [0.2, 0.25) is 0 Å². The van der Waals surface area contributed by atoms with Gasteiger partial charge in [-0.1, -0.05) is 25.8 Å². The summed E-state index contributed by atoms with van der Waals surface area (Å²) in [6, 6.07) is 2.88. The number of esters is 1. The summed E-state index contributed by atoms with van der Waals surface area (Å²) >= 11 is 0. The van der Waals surface area contributed by atoms with Crippen molar-refractivity contribution in [1.82, 2.24) is 0 Å². The van der Waals surface area contributed by atoms with Crippen LogP contribution in [0.5, 0.6) is 5.75 Å². The summed E-state index contributed by atoms with van der Waals surface area (Å²) in [6.45, 7) is 2.05. The molecular weight excluding hydrogens is 318 g/mol. The van der Waals surface area contributed by atoms with E-state index in [1.807, 2.05) is 6.08 Å². The molecule has 5 heteroatoms. The van der Waals surface area contributed by atoms with E-state index in [1.54, 1.807) is 12.1 Å². The second-order valence-corrected chi connectivity index (χ2v) is 6.57.